The zero-order valence-electron chi connectivity index (χ0n) is 15.9. The van der Waals surface area contributed by atoms with Crippen molar-refractivity contribution in [1.82, 2.24) is 15.0 Å². The van der Waals surface area contributed by atoms with Gasteiger partial charge in [-0.1, -0.05) is 18.2 Å². The summed E-state index contributed by atoms with van der Waals surface area (Å²) in [5.41, 5.74) is 3.46. The summed E-state index contributed by atoms with van der Waals surface area (Å²) in [5, 5.41) is 0. The first kappa shape index (κ1) is 18.1. The lowest BCUT2D eigenvalue weighted by molar-refractivity contribution is 0.744. The molecular formula is C21H22BrN5S. The fourth-order valence-electron chi connectivity index (χ4n) is 4.09. The van der Waals surface area contributed by atoms with Crippen LogP contribution >= 0.6 is 27.3 Å². The standard InChI is InChI=1S/C21H22BrN5S/c1-13-6-9-27(11-13)21-24-18-17(22)14(2)28-19(18)20(25-21)26-10-7-15(12-26)16-5-3-4-8-23-16/h3-5,8,15H,1,6-7,9-12H2,2H3. The van der Waals surface area contributed by atoms with E-state index in [0.29, 0.717) is 5.92 Å². The van der Waals surface area contributed by atoms with Gasteiger partial charge in [-0.2, -0.15) is 4.98 Å². The lowest BCUT2D eigenvalue weighted by atomic mass is 10.0. The summed E-state index contributed by atoms with van der Waals surface area (Å²) in [4.78, 5) is 20.5. The van der Waals surface area contributed by atoms with Gasteiger partial charge in [-0.05, 0) is 47.8 Å². The zero-order chi connectivity index (χ0) is 19.3. The number of hydrogen-bond acceptors (Lipinski definition) is 6. The molecule has 0 aromatic carbocycles. The third kappa shape index (κ3) is 3.10. The van der Waals surface area contributed by atoms with Gasteiger partial charge in [0.05, 0.1) is 9.17 Å². The molecule has 0 N–H and O–H groups in total. The van der Waals surface area contributed by atoms with E-state index in [9.17, 15) is 0 Å². The number of hydrogen-bond donors (Lipinski definition) is 0. The van der Waals surface area contributed by atoms with Crippen LogP contribution < -0.4 is 9.80 Å². The Morgan fingerprint density at radius 1 is 1.21 bits per heavy atom. The third-order valence-corrected chi connectivity index (χ3v) is 7.96. The van der Waals surface area contributed by atoms with E-state index in [4.69, 9.17) is 9.97 Å². The Hall–Kier alpha value is -1.99. The van der Waals surface area contributed by atoms with E-state index < -0.39 is 0 Å². The molecule has 0 radical (unpaired) electrons. The first-order valence-corrected chi connectivity index (χ1v) is 11.2. The zero-order valence-corrected chi connectivity index (χ0v) is 18.3. The molecule has 0 amide bonds. The monoisotopic (exact) mass is 455 g/mol. The molecule has 5 heterocycles. The minimum atomic E-state index is 0.450. The molecule has 0 saturated carbocycles. The molecule has 2 aliphatic heterocycles. The van der Waals surface area contributed by atoms with Gasteiger partial charge in [0.2, 0.25) is 5.95 Å². The molecule has 0 spiro atoms. The van der Waals surface area contributed by atoms with Crippen LogP contribution in [0.5, 0.6) is 0 Å². The summed E-state index contributed by atoms with van der Waals surface area (Å²) in [7, 11) is 0. The number of thiophene rings is 1. The summed E-state index contributed by atoms with van der Waals surface area (Å²) in [5.74, 6) is 2.33. The van der Waals surface area contributed by atoms with Gasteiger partial charge >= 0.3 is 0 Å². The minimum Gasteiger partial charge on any atom is -0.355 e. The predicted octanol–water partition coefficient (Wildman–Crippen LogP) is 4.92. The lowest BCUT2D eigenvalue weighted by Gasteiger charge is -2.21. The molecule has 0 aliphatic carbocycles. The normalized spacial score (nSPS) is 19.9. The van der Waals surface area contributed by atoms with Crippen LogP contribution in [-0.4, -0.2) is 41.1 Å². The van der Waals surface area contributed by atoms with Gasteiger partial charge < -0.3 is 9.80 Å². The quantitative estimate of drug-likeness (QED) is 0.524. The second kappa shape index (κ2) is 7.12. The molecule has 0 bridgehead atoms. The van der Waals surface area contributed by atoms with E-state index in [1.54, 1.807) is 11.3 Å². The molecule has 5 nitrogen and oxygen atoms in total. The summed E-state index contributed by atoms with van der Waals surface area (Å²) < 4.78 is 2.27. The van der Waals surface area contributed by atoms with Gasteiger partial charge in [0.15, 0.2) is 5.82 Å². The van der Waals surface area contributed by atoms with Gasteiger partial charge in [0, 0.05) is 48.9 Å². The number of rotatable bonds is 3. The van der Waals surface area contributed by atoms with Crippen LogP contribution in [0.3, 0.4) is 0 Å². The van der Waals surface area contributed by atoms with Gasteiger partial charge in [-0.3, -0.25) is 4.98 Å². The summed E-state index contributed by atoms with van der Waals surface area (Å²) in [6.45, 7) is 10.0. The molecule has 2 saturated heterocycles. The van der Waals surface area contributed by atoms with Crippen molar-refractivity contribution in [3.8, 4) is 0 Å². The fourth-order valence-corrected chi connectivity index (χ4v) is 5.76. The average molecular weight is 456 g/mol. The number of pyridine rings is 1. The van der Waals surface area contributed by atoms with Crippen molar-refractivity contribution in [2.24, 2.45) is 0 Å². The molecule has 28 heavy (non-hydrogen) atoms. The van der Waals surface area contributed by atoms with Crippen molar-refractivity contribution in [2.75, 3.05) is 36.0 Å². The van der Waals surface area contributed by atoms with Crippen molar-refractivity contribution < 1.29 is 0 Å². The smallest absolute Gasteiger partial charge is 0.228 e. The Labute approximate surface area is 177 Å². The Bertz CT molecular complexity index is 1050. The summed E-state index contributed by atoms with van der Waals surface area (Å²) in [6.07, 6.45) is 4.01. The van der Waals surface area contributed by atoms with E-state index in [2.05, 4.69) is 56.3 Å². The third-order valence-electron chi connectivity index (χ3n) is 5.63. The number of aromatic nitrogens is 3. The van der Waals surface area contributed by atoms with E-state index in [1.165, 1.54) is 20.8 Å². The highest BCUT2D eigenvalue weighted by Gasteiger charge is 2.30. The first-order chi connectivity index (χ1) is 13.6. The highest BCUT2D eigenvalue weighted by molar-refractivity contribution is 9.10. The largest absolute Gasteiger partial charge is 0.355 e. The topological polar surface area (TPSA) is 45.2 Å². The summed E-state index contributed by atoms with van der Waals surface area (Å²) in [6, 6.07) is 6.19. The number of nitrogens with zero attached hydrogens (tertiary/aromatic N) is 5. The van der Waals surface area contributed by atoms with Crippen LogP contribution in [-0.2, 0) is 0 Å². The average Bonchev–Trinajstić information content (AvgIpc) is 3.43. The molecule has 2 aliphatic rings. The van der Waals surface area contributed by atoms with Crippen molar-refractivity contribution in [2.45, 2.75) is 25.7 Å². The molecule has 7 heteroatoms. The maximum Gasteiger partial charge on any atom is 0.228 e. The van der Waals surface area contributed by atoms with Crippen molar-refractivity contribution >= 4 is 49.2 Å². The van der Waals surface area contributed by atoms with Crippen molar-refractivity contribution in [3.05, 3.63) is 51.6 Å². The molecule has 3 aromatic rings. The Morgan fingerprint density at radius 3 is 2.86 bits per heavy atom. The van der Waals surface area contributed by atoms with Crippen molar-refractivity contribution in [3.63, 3.8) is 0 Å². The number of fused-ring (bicyclic) bond motifs is 1. The second-order valence-electron chi connectivity index (χ2n) is 7.60. The lowest BCUT2D eigenvalue weighted by Crippen LogP contribution is -2.25. The van der Waals surface area contributed by atoms with E-state index >= 15 is 0 Å². The summed E-state index contributed by atoms with van der Waals surface area (Å²) >= 11 is 5.53. The van der Waals surface area contributed by atoms with E-state index in [0.717, 1.165) is 60.8 Å². The molecule has 3 aromatic heterocycles. The molecule has 1 unspecified atom stereocenters. The molecular weight excluding hydrogens is 434 g/mol. The minimum absolute atomic E-state index is 0.450. The second-order valence-corrected chi connectivity index (χ2v) is 9.62. The van der Waals surface area contributed by atoms with Crippen LogP contribution in [0.15, 0.2) is 41.0 Å². The highest BCUT2D eigenvalue weighted by Crippen LogP contribution is 2.42. The van der Waals surface area contributed by atoms with Crippen molar-refractivity contribution in [1.29, 1.82) is 0 Å². The maximum atomic E-state index is 5.05. The molecule has 1 atom stereocenters. The van der Waals surface area contributed by atoms with Crippen LogP contribution in [0.2, 0.25) is 0 Å². The number of anilines is 2. The van der Waals surface area contributed by atoms with Crippen LogP contribution in [0.25, 0.3) is 10.2 Å². The van der Waals surface area contributed by atoms with Gasteiger partial charge in [-0.25, -0.2) is 4.98 Å². The SMILES string of the molecule is C=C1CCN(c2nc(N3CCC(c4ccccn4)C3)c3sc(C)c(Br)c3n2)C1. The number of halogens is 1. The molecule has 5 rings (SSSR count). The maximum absolute atomic E-state index is 5.05. The first-order valence-electron chi connectivity index (χ1n) is 9.64. The van der Waals surface area contributed by atoms with Gasteiger partial charge in [0.25, 0.3) is 0 Å². The van der Waals surface area contributed by atoms with E-state index in [1.807, 2.05) is 12.3 Å². The Morgan fingerprint density at radius 2 is 2.11 bits per heavy atom. The Kier molecular flexibility index (Phi) is 4.59. The van der Waals surface area contributed by atoms with Crippen LogP contribution in [0.4, 0.5) is 11.8 Å². The van der Waals surface area contributed by atoms with Crippen LogP contribution in [0, 0.1) is 6.92 Å². The highest BCUT2D eigenvalue weighted by atomic mass is 79.9. The number of aryl methyl sites for hydroxylation is 1. The van der Waals surface area contributed by atoms with Crippen LogP contribution in [0.1, 0.15) is 29.3 Å². The molecule has 144 valence electrons. The van der Waals surface area contributed by atoms with E-state index in [-0.39, 0.29) is 0 Å². The van der Waals surface area contributed by atoms with Gasteiger partial charge in [0.1, 0.15) is 5.52 Å². The predicted molar refractivity (Wildman–Crippen MR) is 120 cm³/mol. The Balaban J connectivity index is 1.54. The molecule has 2 fully saturated rings. The van der Waals surface area contributed by atoms with Gasteiger partial charge in [-0.15, -0.1) is 11.3 Å². The fraction of sp³-hybridized carbons (Fsp3) is 0.381.